The van der Waals surface area contributed by atoms with E-state index in [2.05, 4.69) is 0 Å². The van der Waals surface area contributed by atoms with Gasteiger partial charge < -0.3 is 14.4 Å². The lowest BCUT2D eigenvalue weighted by molar-refractivity contribution is -0.133. The summed E-state index contributed by atoms with van der Waals surface area (Å²) in [4.78, 5) is 28.5. The second-order valence-electron chi connectivity index (χ2n) is 8.84. The Hall–Kier alpha value is -3.68. The number of carbonyl (C=O) groups is 2. The fourth-order valence-corrected chi connectivity index (χ4v) is 4.50. The van der Waals surface area contributed by atoms with E-state index >= 15 is 0 Å². The number of amides is 2. The SMILES string of the molecule is COCCN(CC(=O)N1N=C(c2ccccc2Cl)C[C@H]1c1ccc(C)cc1)C(=O)c1ccc(OC)cc1. The van der Waals surface area contributed by atoms with Crippen molar-refractivity contribution in [3.8, 4) is 5.75 Å². The highest BCUT2D eigenvalue weighted by atomic mass is 35.5. The van der Waals surface area contributed by atoms with E-state index in [1.807, 2.05) is 55.5 Å². The van der Waals surface area contributed by atoms with E-state index < -0.39 is 0 Å². The average Bonchev–Trinajstić information content (AvgIpc) is 3.36. The number of benzene rings is 3. The molecule has 2 amide bonds. The Kier molecular flexibility index (Phi) is 8.58. The number of hydrogen-bond acceptors (Lipinski definition) is 5. The maximum atomic E-state index is 13.7. The zero-order valence-corrected chi connectivity index (χ0v) is 21.9. The molecular weight excluding hydrogens is 490 g/mol. The van der Waals surface area contributed by atoms with E-state index in [-0.39, 0.29) is 30.9 Å². The largest absolute Gasteiger partial charge is 0.497 e. The lowest BCUT2D eigenvalue weighted by Crippen LogP contribution is -2.42. The smallest absolute Gasteiger partial charge is 0.262 e. The molecule has 0 N–H and O–H groups in total. The summed E-state index contributed by atoms with van der Waals surface area (Å²) in [5.74, 6) is 0.0931. The van der Waals surface area contributed by atoms with Crippen LogP contribution in [0.5, 0.6) is 5.75 Å². The van der Waals surface area contributed by atoms with Crippen LogP contribution in [0, 0.1) is 6.92 Å². The molecule has 0 aliphatic carbocycles. The monoisotopic (exact) mass is 519 g/mol. The molecule has 0 fully saturated rings. The summed E-state index contributed by atoms with van der Waals surface area (Å²) in [6, 6.07) is 22.0. The Labute approximate surface area is 222 Å². The second-order valence-corrected chi connectivity index (χ2v) is 9.25. The number of aryl methyl sites for hydroxylation is 1. The van der Waals surface area contributed by atoms with Crippen molar-refractivity contribution in [1.82, 2.24) is 9.91 Å². The van der Waals surface area contributed by atoms with Gasteiger partial charge in [-0.2, -0.15) is 5.10 Å². The van der Waals surface area contributed by atoms with Crippen LogP contribution in [0.3, 0.4) is 0 Å². The lowest BCUT2D eigenvalue weighted by Gasteiger charge is -2.27. The van der Waals surface area contributed by atoms with Crippen LogP contribution < -0.4 is 4.74 Å². The van der Waals surface area contributed by atoms with E-state index in [1.165, 1.54) is 9.91 Å². The van der Waals surface area contributed by atoms with Gasteiger partial charge in [-0.05, 0) is 42.8 Å². The molecule has 0 saturated heterocycles. The third kappa shape index (κ3) is 6.18. The van der Waals surface area contributed by atoms with Gasteiger partial charge >= 0.3 is 0 Å². The third-order valence-corrected chi connectivity index (χ3v) is 6.66. The number of hydrazone groups is 1. The molecule has 192 valence electrons. The predicted octanol–water partition coefficient (Wildman–Crippen LogP) is 5.12. The van der Waals surface area contributed by atoms with E-state index in [0.717, 1.165) is 22.4 Å². The highest BCUT2D eigenvalue weighted by Crippen LogP contribution is 2.34. The predicted molar refractivity (Wildman–Crippen MR) is 144 cm³/mol. The first-order chi connectivity index (χ1) is 17.9. The van der Waals surface area contributed by atoms with Crippen molar-refractivity contribution >= 4 is 29.1 Å². The maximum absolute atomic E-state index is 13.7. The van der Waals surface area contributed by atoms with Crippen molar-refractivity contribution in [3.05, 3.63) is 100 Å². The molecule has 0 aromatic heterocycles. The topological polar surface area (TPSA) is 71.4 Å². The number of rotatable bonds is 9. The van der Waals surface area contributed by atoms with E-state index in [4.69, 9.17) is 26.2 Å². The molecule has 37 heavy (non-hydrogen) atoms. The number of methoxy groups -OCH3 is 2. The number of hydrogen-bond donors (Lipinski definition) is 0. The summed E-state index contributed by atoms with van der Waals surface area (Å²) in [7, 11) is 3.13. The molecule has 0 unspecified atom stereocenters. The van der Waals surface area contributed by atoms with Crippen molar-refractivity contribution in [3.63, 3.8) is 0 Å². The first-order valence-electron chi connectivity index (χ1n) is 12.0. The summed E-state index contributed by atoms with van der Waals surface area (Å²) in [6.07, 6.45) is 0.517. The second kappa shape index (κ2) is 12.0. The van der Waals surface area contributed by atoms with Gasteiger partial charge in [-0.3, -0.25) is 9.59 Å². The average molecular weight is 520 g/mol. The summed E-state index contributed by atoms with van der Waals surface area (Å²) in [5, 5.41) is 6.79. The zero-order chi connectivity index (χ0) is 26.4. The Morgan fingerprint density at radius 1 is 1.03 bits per heavy atom. The highest BCUT2D eigenvalue weighted by Gasteiger charge is 2.35. The molecule has 1 heterocycles. The molecule has 0 radical (unpaired) electrons. The van der Waals surface area contributed by atoms with Gasteiger partial charge in [0, 0.05) is 36.2 Å². The molecule has 0 bridgehead atoms. The minimum Gasteiger partial charge on any atom is -0.497 e. The van der Waals surface area contributed by atoms with E-state index in [0.29, 0.717) is 29.4 Å². The van der Waals surface area contributed by atoms with Gasteiger partial charge in [0.15, 0.2) is 0 Å². The molecule has 1 aliphatic rings. The van der Waals surface area contributed by atoms with Crippen LogP contribution in [0.2, 0.25) is 5.02 Å². The van der Waals surface area contributed by atoms with Crippen LogP contribution in [0.15, 0.2) is 77.9 Å². The number of nitrogens with zero attached hydrogens (tertiary/aromatic N) is 3. The van der Waals surface area contributed by atoms with E-state index in [1.54, 1.807) is 38.5 Å². The Bertz CT molecular complexity index is 1280. The van der Waals surface area contributed by atoms with Crippen LogP contribution in [0.4, 0.5) is 0 Å². The van der Waals surface area contributed by atoms with Crippen molar-refractivity contribution in [2.45, 2.75) is 19.4 Å². The standard InChI is InChI=1S/C29H30ClN3O4/c1-20-8-10-21(11-9-20)27-18-26(24-6-4-5-7-25(24)30)31-33(27)28(34)19-32(16-17-36-2)29(35)22-12-14-23(37-3)15-13-22/h4-15,27H,16-19H2,1-3H3/t27-/m0/s1. The van der Waals surface area contributed by atoms with Crippen molar-refractivity contribution in [2.75, 3.05) is 33.9 Å². The number of ether oxygens (including phenoxy) is 2. The molecule has 0 spiro atoms. The summed E-state index contributed by atoms with van der Waals surface area (Å²) in [6.45, 7) is 2.43. The molecule has 3 aromatic rings. The molecule has 8 heteroatoms. The van der Waals surface area contributed by atoms with Gasteiger partial charge in [-0.1, -0.05) is 59.6 Å². The molecule has 7 nitrogen and oxygen atoms in total. The van der Waals surface area contributed by atoms with Crippen molar-refractivity contribution in [2.24, 2.45) is 5.10 Å². The van der Waals surface area contributed by atoms with Crippen LogP contribution in [-0.2, 0) is 9.53 Å². The van der Waals surface area contributed by atoms with Crippen LogP contribution >= 0.6 is 11.6 Å². The fourth-order valence-electron chi connectivity index (χ4n) is 4.25. The molecule has 4 rings (SSSR count). The normalized spacial score (nSPS) is 14.9. The van der Waals surface area contributed by atoms with Gasteiger partial charge in [0.2, 0.25) is 0 Å². The summed E-state index contributed by atoms with van der Waals surface area (Å²) < 4.78 is 10.4. The molecule has 0 saturated carbocycles. The third-order valence-electron chi connectivity index (χ3n) is 6.33. The van der Waals surface area contributed by atoms with Crippen LogP contribution in [0.25, 0.3) is 0 Å². The van der Waals surface area contributed by atoms with Crippen LogP contribution in [0.1, 0.15) is 39.5 Å². The maximum Gasteiger partial charge on any atom is 0.262 e. The molecule has 3 aromatic carbocycles. The van der Waals surface area contributed by atoms with E-state index in [9.17, 15) is 9.59 Å². The minimum absolute atomic E-state index is 0.143. The van der Waals surface area contributed by atoms with Gasteiger partial charge in [0.25, 0.3) is 11.8 Å². The van der Waals surface area contributed by atoms with Gasteiger partial charge in [-0.25, -0.2) is 5.01 Å². The Morgan fingerprint density at radius 2 is 1.73 bits per heavy atom. The van der Waals surface area contributed by atoms with Gasteiger partial charge in [-0.15, -0.1) is 0 Å². The first-order valence-corrected chi connectivity index (χ1v) is 12.4. The molecule has 1 atom stereocenters. The zero-order valence-electron chi connectivity index (χ0n) is 21.2. The van der Waals surface area contributed by atoms with Crippen molar-refractivity contribution < 1.29 is 19.1 Å². The Balaban J connectivity index is 1.62. The molecule has 1 aliphatic heterocycles. The lowest BCUT2D eigenvalue weighted by atomic mass is 9.97. The quantitative estimate of drug-likeness (QED) is 0.393. The summed E-state index contributed by atoms with van der Waals surface area (Å²) >= 11 is 6.46. The number of carbonyl (C=O) groups excluding carboxylic acids is 2. The fraction of sp³-hybridized carbons (Fsp3) is 0.276. The highest BCUT2D eigenvalue weighted by molar-refractivity contribution is 6.34. The van der Waals surface area contributed by atoms with Crippen molar-refractivity contribution in [1.29, 1.82) is 0 Å². The van der Waals surface area contributed by atoms with Crippen LogP contribution in [-0.4, -0.2) is 61.4 Å². The van der Waals surface area contributed by atoms with Gasteiger partial charge in [0.1, 0.15) is 12.3 Å². The minimum atomic E-state index is -0.306. The first kappa shape index (κ1) is 26.4. The summed E-state index contributed by atoms with van der Waals surface area (Å²) in [5.41, 5.74) is 4.08. The Morgan fingerprint density at radius 3 is 2.38 bits per heavy atom. The number of halogens is 1. The molecular formula is C29H30ClN3O4. The van der Waals surface area contributed by atoms with Gasteiger partial charge in [0.05, 0.1) is 25.5 Å².